The molecule has 182 valence electrons. The summed E-state index contributed by atoms with van der Waals surface area (Å²) in [5.41, 5.74) is 4.49. The third kappa shape index (κ3) is 6.48. The van der Waals surface area contributed by atoms with Crippen molar-refractivity contribution in [3.05, 3.63) is 59.7 Å². The number of nitrogens with zero attached hydrogens (tertiary/aromatic N) is 1. The van der Waals surface area contributed by atoms with Gasteiger partial charge in [-0.15, -0.1) is 0 Å². The second kappa shape index (κ2) is 12.7. The molecule has 0 aliphatic heterocycles. The molecule has 7 nitrogen and oxygen atoms in total. The van der Waals surface area contributed by atoms with Gasteiger partial charge in [0.25, 0.3) is 0 Å². The van der Waals surface area contributed by atoms with Crippen molar-refractivity contribution < 1.29 is 24.2 Å². The first-order chi connectivity index (χ1) is 16.5. The normalized spacial score (nSPS) is 13.0. The molecule has 2 aromatic carbocycles. The SMILES string of the molecule is CSCC[C@@H](NC(=O)OCC1c2ccccc2-c2ccccc21)C(=O)N(CCSC)CC(=O)O. The number of aliphatic carboxylic acids is 1. The monoisotopic (exact) mass is 502 g/mol. The van der Waals surface area contributed by atoms with Gasteiger partial charge in [-0.1, -0.05) is 48.5 Å². The van der Waals surface area contributed by atoms with E-state index < -0.39 is 30.6 Å². The lowest BCUT2D eigenvalue weighted by Crippen LogP contribution is -2.51. The first-order valence-electron chi connectivity index (χ1n) is 11.1. The van der Waals surface area contributed by atoms with Crippen LogP contribution in [0.4, 0.5) is 4.79 Å². The van der Waals surface area contributed by atoms with Crippen LogP contribution in [0.2, 0.25) is 0 Å². The summed E-state index contributed by atoms with van der Waals surface area (Å²) in [4.78, 5) is 38.4. The van der Waals surface area contributed by atoms with Crippen molar-refractivity contribution in [2.45, 2.75) is 18.4 Å². The third-order valence-electron chi connectivity index (χ3n) is 5.75. The van der Waals surface area contributed by atoms with Gasteiger partial charge in [0.15, 0.2) is 0 Å². The second-order valence-corrected chi connectivity index (χ2v) is 9.92. The van der Waals surface area contributed by atoms with Crippen molar-refractivity contribution in [2.24, 2.45) is 0 Å². The predicted molar refractivity (Wildman–Crippen MR) is 138 cm³/mol. The van der Waals surface area contributed by atoms with Crippen LogP contribution in [0, 0.1) is 0 Å². The van der Waals surface area contributed by atoms with Crippen molar-refractivity contribution in [1.29, 1.82) is 0 Å². The van der Waals surface area contributed by atoms with Crippen LogP contribution in [0.1, 0.15) is 23.5 Å². The highest BCUT2D eigenvalue weighted by molar-refractivity contribution is 7.98. The molecule has 3 rings (SSSR count). The number of carboxylic acid groups (broad SMARTS) is 1. The Morgan fingerprint density at radius 2 is 1.59 bits per heavy atom. The number of amides is 2. The molecule has 1 aliphatic rings. The van der Waals surface area contributed by atoms with E-state index in [1.54, 1.807) is 11.8 Å². The van der Waals surface area contributed by atoms with E-state index in [1.165, 1.54) is 16.7 Å². The molecule has 1 atom stereocenters. The van der Waals surface area contributed by atoms with E-state index >= 15 is 0 Å². The summed E-state index contributed by atoms with van der Waals surface area (Å²) in [5.74, 6) is -0.315. The third-order valence-corrected chi connectivity index (χ3v) is 6.98. The van der Waals surface area contributed by atoms with Crippen molar-refractivity contribution in [2.75, 3.05) is 43.7 Å². The first kappa shape index (κ1) is 26.0. The maximum Gasteiger partial charge on any atom is 0.407 e. The average Bonchev–Trinajstić information content (AvgIpc) is 3.16. The highest BCUT2D eigenvalue weighted by Gasteiger charge is 2.31. The summed E-state index contributed by atoms with van der Waals surface area (Å²) in [6.07, 6.45) is 3.52. The number of hydrogen-bond donors (Lipinski definition) is 2. The second-order valence-electron chi connectivity index (χ2n) is 7.95. The quantitative estimate of drug-likeness (QED) is 0.454. The Balaban J connectivity index is 1.68. The molecule has 0 fully saturated rings. The number of hydrogen-bond acceptors (Lipinski definition) is 6. The minimum absolute atomic E-state index is 0.0800. The van der Waals surface area contributed by atoms with E-state index in [1.807, 2.05) is 48.9 Å². The Morgan fingerprint density at radius 1 is 1.00 bits per heavy atom. The van der Waals surface area contributed by atoms with E-state index in [4.69, 9.17) is 4.74 Å². The number of fused-ring (bicyclic) bond motifs is 3. The van der Waals surface area contributed by atoms with Crippen LogP contribution in [-0.4, -0.2) is 77.7 Å². The van der Waals surface area contributed by atoms with Crippen molar-refractivity contribution in [1.82, 2.24) is 10.2 Å². The summed E-state index contributed by atoms with van der Waals surface area (Å²) >= 11 is 3.08. The minimum atomic E-state index is -1.08. The van der Waals surface area contributed by atoms with Gasteiger partial charge in [-0.25, -0.2) is 4.79 Å². The van der Waals surface area contributed by atoms with E-state index in [0.29, 0.717) is 24.5 Å². The molecular weight excluding hydrogens is 472 g/mol. The highest BCUT2D eigenvalue weighted by Crippen LogP contribution is 2.44. The Bertz CT molecular complexity index is 971. The van der Waals surface area contributed by atoms with Crippen molar-refractivity contribution in [3.63, 3.8) is 0 Å². The highest BCUT2D eigenvalue weighted by atomic mass is 32.2. The van der Waals surface area contributed by atoms with E-state index in [2.05, 4.69) is 17.4 Å². The van der Waals surface area contributed by atoms with Crippen LogP contribution in [0.5, 0.6) is 0 Å². The van der Waals surface area contributed by atoms with Crippen LogP contribution in [0.15, 0.2) is 48.5 Å². The predicted octanol–water partition coefficient (Wildman–Crippen LogP) is 3.92. The fourth-order valence-electron chi connectivity index (χ4n) is 4.13. The largest absolute Gasteiger partial charge is 0.480 e. The van der Waals surface area contributed by atoms with E-state index in [9.17, 15) is 19.5 Å². The molecule has 0 heterocycles. The molecule has 0 saturated heterocycles. The number of rotatable bonds is 12. The molecule has 0 saturated carbocycles. The minimum Gasteiger partial charge on any atom is -0.480 e. The molecule has 2 aromatic rings. The lowest BCUT2D eigenvalue weighted by molar-refractivity contribution is -0.145. The molecule has 0 radical (unpaired) electrons. The number of nitrogens with one attached hydrogen (secondary N) is 1. The Hall–Kier alpha value is -2.65. The maximum absolute atomic E-state index is 13.1. The summed E-state index contributed by atoms with van der Waals surface area (Å²) < 4.78 is 5.59. The first-order valence-corrected chi connectivity index (χ1v) is 13.8. The Kier molecular flexibility index (Phi) is 9.71. The molecule has 2 N–H and O–H groups in total. The number of alkyl carbamates (subject to hydrolysis) is 1. The molecule has 0 unspecified atom stereocenters. The number of carbonyl (C=O) groups is 3. The number of carboxylic acids is 1. The summed E-state index contributed by atoms with van der Waals surface area (Å²) in [6, 6.07) is 15.3. The average molecular weight is 503 g/mol. The standard InChI is InChI=1S/C25H30N2O5S2/c1-33-13-11-22(24(30)27(12-14-34-2)15-23(28)29)26-25(31)32-16-21-19-9-5-3-7-17(19)18-8-4-6-10-20(18)21/h3-10,21-22H,11-16H2,1-2H3,(H,26,31)(H,28,29)/t22-/m1/s1. The van der Waals surface area contributed by atoms with Gasteiger partial charge < -0.3 is 20.1 Å². The summed E-state index contributed by atoms with van der Waals surface area (Å²) in [5, 5.41) is 11.9. The summed E-state index contributed by atoms with van der Waals surface area (Å²) in [7, 11) is 0. The van der Waals surface area contributed by atoms with Crippen LogP contribution < -0.4 is 5.32 Å². The molecule has 1 aliphatic carbocycles. The van der Waals surface area contributed by atoms with Gasteiger partial charge in [0, 0.05) is 18.2 Å². The van der Waals surface area contributed by atoms with Crippen LogP contribution >= 0.6 is 23.5 Å². The van der Waals surface area contributed by atoms with Gasteiger partial charge in [-0.2, -0.15) is 23.5 Å². The molecular formula is C25H30N2O5S2. The van der Waals surface area contributed by atoms with Crippen LogP contribution in [-0.2, 0) is 14.3 Å². The zero-order valence-electron chi connectivity index (χ0n) is 19.4. The van der Waals surface area contributed by atoms with Gasteiger partial charge in [0.1, 0.15) is 19.2 Å². The van der Waals surface area contributed by atoms with Crippen LogP contribution in [0.25, 0.3) is 11.1 Å². The van der Waals surface area contributed by atoms with Gasteiger partial charge in [0.05, 0.1) is 0 Å². The zero-order chi connectivity index (χ0) is 24.5. The number of thioether (sulfide) groups is 2. The van der Waals surface area contributed by atoms with E-state index in [0.717, 1.165) is 22.3 Å². The van der Waals surface area contributed by atoms with Gasteiger partial charge in [0.2, 0.25) is 5.91 Å². The lowest BCUT2D eigenvalue weighted by atomic mass is 9.98. The zero-order valence-corrected chi connectivity index (χ0v) is 21.0. The Labute approximate surface area is 208 Å². The van der Waals surface area contributed by atoms with Gasteiger partial charge in [-0.3, -0.25) is 9.59 Å². The van der Waals surface area contributed by atoms with E-state index in [-0.39, 0.29) is 12.5 Å². The maximum atomic E-state index is 13.1. The lowest BCUT2D eigenvalue weighted by Gasteiger charge is -2.26. The fraction of sp³-hybridized carbons (Fsp3) is 0.400. The summed E-state index contributed by atoms with van der Waals surface area (Å²) in [6.45, 7) is 0.0462. The Morgan fingerprint density at radius 3 is 2.15 bits per heavy atom. The molecule has 34 heavy (non-hydrogen) atoms. The molecule has 0 aromatic heterocycles. The van der Waals surface area contributed by atoms with Gasteiger partial charge in [-0.05, 0) is 46.9 Å². The van der Waals surface area contributed by atoms with Crippen molar-refractivity contribution >= 4 is 41.5 Å². The molecule has 0 bridgehead atoms. The van der Waals surface area contributed by atoms with Crippen molar-refractivity contribution in [3.8, 4) is 11.1 Å². The number of ether oxygens (including phenoxy) is 1. The van der Waals surface area contributed by atoms with Crippen LogP contribution in [0.3, 0.4) is 0 Å². The number of benzene rings is 2. The molecule has 2 amide bonds. The van der Waals surface area contributed by atoms with Gasteiger partial charge >= 0.3 is 12.1 Å². The molecule has 0 spiro atoms. The fourth-order valence-corrected chi connectivity index (χ4v) is 5.00. The molecule has 9 heteroatoms. The topological polar surface area (TPSA) is 95.9 Å². The number of carbonyl (C=O) groups excluding carboxylic acids is 2. The smallest absolute Gasteiger partial charge is 0.407 e.